The van der Waals surface area contributed by atoms with Crippen molar-refractivity contribution in [2.24, 2.45) is 4.99 Å². The summed E-state index contributed by atoms with van der Waals surface area (Å²) >= 11 is 6.64. The molecule has 0 radical (unpaired) electrons. The van der Waals surface area contributed by atoms with Gasteiger partial charge in [-0.25, -0.2) is 10.3 Å². The van der Waals surface area contributed by atoms with Gasteiger partial charge in [0.15, 0.2) is 5.69 Å². The van der Waals surface area contributed by atoms with Crippen molar-refractivity contribution >= 4 is 49.2 Å². The highest BCUT2D eigenvalue weighted by Gasteiger charge is 2.19. The van der Waals surface area contributed by atoms with Crippen LogP contribution in [0, 0.1) is 0 Å². The Bertz CT molecular complexity index is 674. The van der Waals surface area contributed by atoms with E-state index < -0.39 is 0 Å². The zero-order chi connectivity index (χ0) is 14.1. The topological polar surface area (TPSA) is 64.1 Å². The van der Waals surface area contributed by atoms with E-state index in [1.807, 2.05) is 29.6 Å². The number of hydrogen-bond acceptors (Lipinski definition) is 2. The number of nitrogens with two attached hydrogens (primary N) is 1. The molecular weight excluding hydrogens is 386 g/mol. The van der Waals surface area contributed by atoms with Gasteiger partial charge in [0, 0.05) is 15.0 Å². The molecule has 0 atom stereocenters. The Balaban J connectivity index is 1.80. The number of hydrogen-bond donors (Lipinski definition) is 2. The highest BCUT2D eigenvalue weighted by molar-refractivity contribution is 9.11. The van der Waals surface area contributed by atoms with Gasteiger partial charge in [0.25, 0.3) is 0 Å². The lowest BCUT2D eigenvalue weighted by molar-refractivity contribution is -0.437. The number of rotatable bonds is 2. The van der Waals surface area contributed by atoms with Gasteiger partial charge in [-0.3, -0.25) is 5.32 Å². The van der Waals surface area contributed by atoms with E-state index in [2.05, 4.69) is 42.2 Å². The normalized spacial score (nSPS) is 15.2. The van der Waals surface area contributed by atoms with Crippen LogP contribution in [0.25, 0.3) is 0 Å². The summed E-state index contributed by atoms with van der Waals surface area (Å²) in [6.45, 7) is 0.351. The van der Waals surface area contributed by atoms with Gasteiger partial charge < -0.3 is 5.11 Å². The Labute approximate surface area is 133 Å². The van der Waals surface area contributed by atoms with Crippen molar-refractivity contribution in [2.45, 2.75) is 6.54 Å². The number of benzene rings is 2. The monoisotopic (exact) mass is 395 g/mol. The van der Waals surface area contributed by atoms with E-state index in [1.165, 1.54) is 0 Å². The van der Waals surface area contributed by atoms with Crippen molar-refractivity contribution in [1.29, 1.82) is 0 Å². The average Bonchev–Trinajstić information content (AvgIpc) is 2.84. The molecule has 0 unspecified atom stereocenters. The quantitative estimate of drug-likeness (QED) is 0.766. The van der Waals surface area contributed by atoms with Gasteiger partial charge in [-0.1, -0.05) is 49.7 Å². The Morgan fingerprint density at radius 1 is 1.20 bits per heavy atom. The van der Waals surface area contributed by atoms with Gasteiger partial charge >= 0.3 is 5.96 Å². The second-order valence-corrected chi connectivity index (χ2v) is 6.20. The minimum Gasteiger partial charge on any atom is -0.871 e. The molecule has 0 saturated carbocycles. The van der Waals surface area contributed by atoms with E-state index in [9.17, 15) is 5.11 Å². The molecule has 4 nitrogen and oxygen atoms in total. The number of nitrogens with zero attached hydrogens (tertiary/aromatic N) is 1. The molecule has 3 N–H and O–H groups in total. The first kappa shape index (κ1) is 13.6. The smallest absolute Gasteiger partial charge is 0.304 e. The molecule has 102 valence electrons. The van der Waals surface area contributed by atoms with Gasteiger partial charge in [-0.2, -0.15) is 0 Å². The Morgan fingerprint density at radius 2 is 2.00 bits per heavy atom. The van der Waals surface area contributed by atoms with Crippen LogP contribution in [0.3, 0.4) is 0 Å². The maximum Gasteiger partial charge on any atom is 0.304 e. The zero-order valence-corrected chi connectivity index (χ0v) is 13.5. The summed E-state index contributed by atoms with van der Waals surface area (Å²) in [5.74, 6) is 0.759. The number of aliphatic imine (C=N–C) groups is 1. The van der Waals surface area contributed by atoms with Crippen LogP contribution >= 0.6 is 31.9 Å². The van der Waals surface area contributed by atoms with E-state index in [1.54, 1.807) is 12.1 Å². The molecule has 1 aliphatic rings. The van der Waals surface area contributed by atoms with E-state index in [-0.39, 0.29) is 5.75 Å². The van der Waals surface area contributed by atoms with Crippen LogP contribution in [0.4, 0.5) is 11.4 Å². The molecule has 0 amide bonds. The number of para-hydroxylation sites is 2. The highest BCUT2D eigenvalue weighted by Crippen LogP contribution is 2.30. The first-order valence-corrected chi connectivity index (χ1v) is 7.62. The summed E-state index contributed by atoms with van der Waals surface area (Å²) < 4.78 is 1.42. The third-order valence-corrected chi connectivity index (χ3v) is 4.07. The van der Waals surface area contributed by atoms with Crippen LogP contribution in [0.1, 0.15) is 5.56 Å². The zero-order valence-electron chi connectivity index (χ0n) is 10.4. The van der Waals surface area contributed by atoms with E-state index >= 15 is 0 Å². The fourth-order valence-corrected chi connectivity index (χ4v) is 3.36. The first-order chi connectivity index (χ1) is 9.63. The number of anilines is 1. The van der Waals surface area contributed by atoms with Crippen molar-refractivity contribution in [3.63, 3.8) is 0 Å². The molecule has 0 spiro atoms. The van der Waals surface area contributed by atoms with Gasteiger partial charge in [0.1, 0.15) is 5.69 Å². The van der Waals surface area contributed by atoms with Crippen LogP contribution in [0.15, 0.2) is 50.3 Å². The maximum absolute atomic E-state index is 12.0. The van der Waals surface area contributed by atoms with Crippen molar-refractivity contribution in [1.82, 2.24) is 0 Å². The summed E-state index contributed by atoms with van der Waals surface area (Å²) in [5.41, 5.74) is 2.82. The number of halogens is 2. The van der Waals surface area contributed by atoms with E-state index in [0.29, 0.717) is 16.6 Å². The summed E-state index contributed by atoms with van der Waals surface area (Å²) in [7, 11) is 0. The molecule has 1 heterocycles. The fourth-order valence-electron chi connectivity index (χ4n) is 2.04. The van der Waals surface area contributed by atoms with Crippen molar-refractivity contribution < 1.29 is 10.4 Å². The molecule has 20 heavy (non-hydrogen) atoms. The Morgan fingerprint density at radius 3 is 2.80 bits per heavy atom. The van der Waals surface area contributed by atoms with Crippen LogP contribution in [0.5, 0.6) is 5.75 Å². The highest BCUT2D eigenvalue weighted by atomic mass is 79.9. The third kappa shape index (κ3) is 2.72. The lowest BCUT2D eigenvalue weighted by atomic mass is 10.2. The molecule has 0 aromatic heterocycles. The molecule has 1 aliphatic heterocycles. The predicted octanol–water partition coefficient (Wildman–Crippen LogP) is 2.46. The first-order valence-electron chi connectivity index (χ1n) is 6.03. The second-order valence-electron chi connectivity index (χ2n) is 4.43. The molecule has 0 saturated heterocycles. The minimum atomic E-state index is -0.0203. The van der Waals surface area contributed by atoms with Crippen molar-refractivity contribution in [3.05, 3.63) is 50.9 Å². The fraction of sp³-hybridized carbons (Fsp3) is 0.0714. The second kappa shape index (κ2) is 5.55. The van der Waals surface area contributed by atoms with Gasteiger partial charge in [-0.15, -0.1) is 0 Å². The van der Waals surface area contributed by atoms with Gasteiger partial charge in [0.05, 0.1) is 6.54 Å². The molecule has 3 rings (SSSR count). The molecular formula is C14H11Br2N3O. The SMILES string of the molecule is [O-]c1c(Br)cc(Br)cc1CN=C1Nc2ccccc2[NH2+]1. The number of quaternary nitrogens is 1. The summed E-state index contributed by atoms with van der Waals surface area (Å²) in [5, 5.41) is 17.2. The van der Waals surface area contributed by atoms with Gasteiger partial charge in [-0.05, 0) is 23.8 Å². The van der Waals surface area contributed by atoms with Crippen molar-refractivity contribution in [3.8, 4) is 5.75 Å². The average molecular weight is 397 g/mol. The molecule has 2 aromatic carbocycles. The van der Waals surface area contributed by atoms with Gasteiger partial charge in [0.2, 0.25) is 0 Å². The third-order valence-electron chi connectivity index (χ3n) is 3.02. The van der Waals surface area contributed by atoms with Crippen molar-refractivity contribution in [2.75, 3.05) is 5.32 Å². The lowest BCUT2D eigenvalue weighted by Gasteiger charge is -2.14. The summed E-state index contributed by atoms with van der Waals surface area (Å²) in [6, 6.07) is 11.5. The lowest BCUT2D eigenvalue weighted by Crippen LogP contribution is -2.81. The van der Waals surface area contributed by atoms with E-state index in [0.717, 1.165) is 21.8 Å². The van der Waals surface area contributed by atoms with Crippen LogP contribution in [-0.4, -0.2) is 5.96 Å². The molecule has 2 aromatic rings. The molecule has 0 bridgehead atoms. The standard InChI is InChI=1S/C14H11Br2N3O/c15-9-5-8(13(20)10(16)6-9)7-17-14-18-11-3-1-2-4-12(11)19-14/h1-6,20H,7H2,(H2,17,18,19). The van der Waals surface area contributed by atoms with E-state index in [4.69, 9.17) is 0 Å². The maximum atomic E-state index is 12.0. The Kier molecular flexibility index (Phi) is 3.78. The number of nitrogens with one attached hydrogen (secondary N) is 1. The van der Waals surface area contributed by atoms with Crippen LogP contribution < -0.4 is 15.7 Å². The molecule has 0 aliphatic carbocycles. The molecule has 6 heteroatoms. The summed E-state index contributed by atoms with van der Waals surface area (Å²) in [4.78, 5) is 4.46. The Hall–Kier alpha value is -1.37. The summed E-state index contributed by atoms with van der Waals surface area (Å²) in [6.07, 6.45) is 0. The number of fused-ring (bicyclic) bond motifs is 1. The largest absolute Gasteiger partial charge is 0.871 e. The molecule has 0 fully saturated rings. The number of guanidine groups is 1. The van der Waals surface area contributed by atoms with Crippen LogP contribution in [0.2, 0.25) is 0 Å². The van der Waals surface area contributed by atoms with Crippen LogP contribution in [-0.2, 0) is 6.54 Å². The minimum absolute atomic E-state index is 0.0203. The predicted molar refractivity (Wildman–Crippen MR) is 84.1 cm³/mol.